The Kier molecular flexibility index (Phi) is 13.5. The van der Waals surface area contributed by atoms with Gasteiger partial charge in [-0.1, -0.05) is 0 Å². The van der Waals surface area contributed by atoms with Crippen molar-refractivity contribution in [3.63, 3.8) is 0 Å². The van der Waals surface area contributed by atoms with Gasteiger partial charge in [-0.15, -0.1) is 0 Å². The Morgan fingerprint density at radius 3 is 1.27 bits per heavy atom. The summed E-state index contributed by atoms with van der Waals surface area (Å²) < 4.78 is 15.6. The third kappa shape index (κ3) is 13.7. The smallest absolute Gasteiger partial charge is 0.0701 e. The van der Waals surface area contributed by atoms with Crippen LogP contribution in [0.1, 0.15) is 0 Å². The van der Waals surface area contributed by atoms with Crippen LogP contribution in [-0.2, 0) is 14.2 Å². The summed E-state index contributed by atoms with van der Waals surface area (Å²) in [6.45, 7) is 4.78. The molecule has 0 rings (SSSR count). The van der Waals surface area contributed by atoms with Crippen LogP contribution in [0, 0.1) is 0 Å². The summed E-state index contributed by atoms with van der Waals surface area (Å²) in [7, 11) is 0. The van der Waals surface area contributed by atoms with Crippen LogP contribution in [0.25, 0.3) is 0 Å². The summed E-state index contributed by atoms with van der Waals surface area (Å²) in [5.74, 6) is 10.1. The van der Waals surface area contributed by atoms with Gasteiger partial charge in [0, 0.05) is 13.1 Å². The summed E-state index contributed by atoms with van der Waals surface area (Å²) in [5, 5.41) is 0. The lowest BCUT2D eigenvalue weighted by atomic mass is 10.6. The highest BCUT2D eigenvalue weighted by Crippen LogP contribution is 1.80. The predicted octanol–water partition coefficient (Wildman–Crippen LogP) is -2.04. The second kappa shape index (κ2) is 13.7. The van der Waals surface area contributed by atoms with Crippen molar-refractivity contribution < 1.29 is 14.2 Å². The fourth-order valence-corrected chi connectivity index (χ4v) is 0.804. The number of rotatable bonds is 12. The zero-order chi connectivity index (χ0) is 11.2. The van der Waals surface area contributed by atoms with E-state index < -0.39 is 0 Å². The number of hydrazine groups is 2. The SMILES string of the molecule is NNCCOCCOCCOCCNN. The monoisotopic (exact) mass is 222 g/mol. The fourth-order valence-electron chi connectivity index (χ4n) is 0.804. The molecule has 0 aliphatic rings. The molecule has 0 bridgehead atoms. The first-order valence-corrected chi connectivity index (χ1v) is 5.02. The highest BCUT2D eigenvalue weighted by atomic mass is 16.5. The number of nitrogens with one attached hydrogen (secondary N) is 2. The van der Waals surface area contributed by atoms with Gasteiger partial charge in [0.2, 0.25) is 0 Å². The zero-order valence-electron chi connectivity index (χ0n) is 9.04. The van der Waals surface area contributed by atoms with Crippen LogP contribution in [0.5, 0.6) is 0 Å². The van der Waals surface area contributed by atoms with Crippen molar-refractivity contribution in [1.29, 1.82) is 0 Å². The average Bonchev–Trinajstić information content (AvgIpc) is 2.26. The van der Waals surface area contributed by atoms with Gasteiger partial charge in [0.1, 0.15) is 0 Å². The van der Waals surface area contributed by atoms with Crippen molar-refractivity contribution in [3.8, 4) is 0 Å². The molecule has 0 spiro atoms. The molecule has 0 radical (unpaired) electrons. The second-order valence-electron chi connectivity index (χ2n) is 2.75. The van der Waals surface area contributed by atoms with Gasteiger partial charge in [-0.2, -0.15) is 0 Å². The first-order valence-electron chi connectivity index (χ1n) is 5.02. The minimum atomic E-state index is 0.572. The fraction of sp³-hybridized carbons (Fsp3) is 1.00. The molecule has 0 saturated heterocycles. The lowest BCUT2D eigenvalue weighted by Gasteiger charge is -2.06. The lowest BCUT2D eigenvalue weighted by Crippen LogP contribution is -2.27. The molecule has 0 aliphatic carbocycles. The lowest BCUT2D eigenvalue weighted by molar-refractivity contribution is 0.0157. The Morgan fingerprint density at radius 1 is 0.600 bits per heavy atom. The molecular formula is C8H22N4O3. The van der Waals surface area contributed by atoms with E-state index in [2.05, 4.69) is 10.9 Å². The molecule has 0 fully saturated rings. The van der Waals surface area contributed by atoms with E-state index in [1.54, 1.807) is 0 Å². The Labute approximate surface area is 90.4 Å². The van der Waals surface area contributed by atoms with Crippen LogP contribution in [0.15, 0.2) is 0 Å². The normalized spacial score (nSPS) is 10.8. The highest BCUT2D eigenvalue weighted by Gasteiger charge is 1.90. The van der Waals surface area contributed by atoms with Crippen LogP contribution in [0.2, 0.25) is 0 Å². The molecule has 0 unspecified atom stereocenters. The molecule has 7 heteroatoms. The van der Waals surface area contributed by atoms with Crippen molar-refractivity contribution in [2.75, 3.05) is 52.7 Å². The van der Waals surface area contributed by atoms with E-state index in [9.17, 15) is 0 Å². The van der Waals surface area contributed by atoms with E-state index in [-0.39, 0.29) is 0 Å². The molecule has 0 heterocycles. The molecule has 0 aromatic carbocycles. The largest absolute Gasteiger partial charge is 0.378 e. The molecule has 0 atom stereocenters. The number of hydrogen-bond donors (Lipinski definition) is 4. The maximum absolute atomic E-state index is 5.24. The topological polar surface area (TPSA) is 104 Å². The van der Waals surface area contributed by atoms with E-state index in [1.807, 2.05) is 0 Å². The van der Waals surface area contributed by atoms with E-state index in [0.717, 1.165) is 0 Å². The number of hydrogen-bond acceptors (Lipinski definition) is 7. The molecule has 0 amide bonds. The minimum Gasteiger partial charge on any atom is -0.378 e. The Morgan fingerprint density at radius 2 is 0.933 bits per heavy atom. The minimum absolute atomic E-state index is 0.572. The molecule has 7 nitrogen and oxygen atoms in total. The Balaban J connectivity index is 2.81. The Bertz CT molecular complexity index is 106. The molecule has 0 aromatic rings. The first kappa shape index (κ1) is 14.7. The molecule has 15 heavy (non-hydrogen) atoms. The standard InChI is InChI=1S/C8H22N4O3/c9-11-1-3-13-5-7-15-8-6-14-4-2-12-10/h11-12H,1-10H2. The predicted molar refractivity (Wildman–Crippen MR) is 56.8 cm³/mol. The van der Waals surface area contributed by atoms with Gasteiger partial charge in [-0.05, 0) is 0 Å². The van der Waals surface area contributed by atoms with Gasteiger partial charge >= 0.3 is 0 Å². The molecule has 0 aliphatic heterocycles. The summed E-state index contributed by atoms with van der Waals surface area (Å²) in [6, 6.07) is 0. The second-order valence-corrected chi connectivity index (χ2v) is 2.75. The maximum atomic E-state index is 5.24. The van der Waals surface area contributed by atoms with Crippen LogP contribution in [-0.4, -0.2) is 52.7 Å². The summed E-state index contributed by atoms with van der Waals surface area (Å²) in [6.07, 6.45) is 0. The van der Waals surface area contributed by atoms with Crippen LogP contribution in [0.4, 0.5) is 0 Å². The van der Waals surface area contributed by atoms with E-state index in [4.69, 9.17) is 25.9 Å². The number of nitrogens with two attached hydrogens (primary N) is 2. The molecule has 92 valence electrons. The van der Waals surface area contributed by atoms with Crippen LogP contribution < -0.4 is 22.5 Å². The summed E-state index contributed by atoms with van der Waals surface area (Å²) in [4.78, 5) is 0. The van der Waals surface area contributed by atoms with E-state index in [0.29, 0.717) is 52.7 Å². The van der Waals surface area contributed by atoms with Gasteiger partial charge in [-0.3, -0.25) is 22.5 Å². The van der Waals surface area contributed by atoms with Crippen molar-refractivity contribution in [3.05, 3.63) is 0 Å². The van der Waals surface area contributed by atoms with E-state index in [1.165, 1.54) is 0 Å². The van der Waals surface area contributed by atoms with Gasteiger partial charge in [0.05, 0.1) is 39.6 Å². The molecular weight excluding hydrogens is 200 g/mol. The van der Waals surface area contributed by atoms with Crippen molar-refractivity contribution >= 4 is 0 Å². The molecule has 0 saturated carbocycles. The van der Waals surface area contributed by atoms with Crippen LogP contribution >= 0.6 is 0 Å². The summed E-state index contributed by atoms with van der Waals surface area (Å²) in [5.41, 5.74) is 4.99. The quantitative estimate of drug-likeness (QED) is 0.171. The maximum Gasteiger partial charge on any atom is 0.0701 e. The third-order valence-corrected chi connectivity index (χ3v) is 1.53. The molecule has 6 N–H and O–H groups in total. The zero-order valence-corrected chi connectivity index (χ0v) is 9.04. The first-order chi connectivity index (χ1) is 7.41. The van der Waals surface area contributed by atoms with Crippen molar-refractivity contribution in [2.24, 2.45) is 11.7 Å². The number of ether oxygens (including phenoxy) is 3. The average molecular weight is 222 g/mol. The van der Waals surface area contributed by atoms with E-state index >= 15 is 0 Å². The molecule has 0 aromatic heterocycles. The van der Waals surface area contributed by atoms with Gasteiger partial charge < -0.3 is 14.2 Å². The van der Waals surface area contributed by atoms with Gasteiger partial charge in [0.25, 0.3) is 0 Å². The van der Waals surface area contributed by atoms with Crippen molar-refractivity contribution in [1.82, 2.24) is 10.9 Å². The van der Waals surface area contributed by atoms with Gasteiger partial charge in [0.15, 0.2) is 0 Å². The third-order valence-electron chi connectivity index (χ3n) is 1.53. The van der Waals surface area contributed by atoms with Gasteiger partial charge in [-0.25, -0.2) is 0 Å². The highest BCUT2D eigenvalue weighted by molar-refractivity contribution is 4.37. The van der Waals surface area contributed by atoms with Crippen LogP contribution in [0.3, 0.4) is 0 Å². The summed E-state index contributed by atoms with van der Waals surface area (Å²) >= 11 is 0. The Hall–Kier alpha value is -0.280. The van der Waals surface area contributed by atoms with Crippen molar-refractivity contribution in [2.45, 2.75) is 0 Å².